The zero-order chi connectivity index (χ0) is 37.1. The summed E-state index contributed by atoms with van der Waals surface area (Å²) in [7, 11) is 2.44. The number of carbonyl (C=O) groups excluding carboxylic acids is 3. The molecule has 0 aliphatic heterocycles. The first-order valence-electron chi connectivity index (χ1n) is 17.3. The Hall–Kier alpha value is -5.10. The highest BCUT2D eigenvalue weighted by Crippen LogP contribution is 2.44. The van der Waals surface area contributed by atoms with Crippen LogP contribution < -0.4 is 20.9 Å². The molecule has 1 unspecified atom stereocenters. The summed E-state index contributed by atoms with van der Waals surface area (Å²) < 4.78 is 10.9. The van der Waals surface area contributed by atoms with E-state index in [-0.39, 0.29) is 24.9 Å². The largest absolute Gasteiger partial charge is 0.480 e. The maximum atomic E-state index is 12.9. The summed E-state index contributed by atoms with van der Waals surface area (Å²) in [6, 6.07) is 21.3. The quantitative estimate of drug-likeness (QED) is 0.0686. The molecule has 51 heavy (non-hydrogen) atoms. The van der Waals surface area contributed by atoms with Crippen LogP contribution >= 0.6 is 0 Å². The van der Waals surface area contributed by atoms with E-state index in [0.717, 1.165) is 34.0 Å². The van der Waals surface area contributed by atoms with E-state index in [4.69, 9.17) is 9.47 Å². The number of carbonyl (C=O) groups is 4. The van der Waals surface area contributed by atoms with Crippen molar-refractivity contribution in [1.82, 2.24) is 10.6 Å². The lowest BCUT2D eigenvalue weighted by atomic mass is 9.98. The van der Waals surface area contributed by atoms with Gasteiger partial charge in [0.1, 0.15) is 12.6 Å². The normalized spacial score (nSPS) is 13.0. The lowest BCUT2D eigenvalue weighted by molar-refractivity contribution is -0.139. The summed E-state index contributed by atoms with van der Waals surface area (Å²) in [5, 5.41) is 17.9. The molecule has 1 atom stereocenters. The van der Waals surface area contributed by atoms with Gasteiger partial charge in [0.05, 0.1) is 12.3 Å². The van der Waals surface area contributed by atoms with Gasteiger partial charge in [-0.3, -0.25) is 10.1 Å². The second kappa shape index (κ2) is 17.7. The highest BCUT2D eigenvalue weighted by atomic mass is 28.3. The number of carboxylic acids is 1. The number of benzene rings is 3. The maximum absolute atomic E-state index is 12.9. The molecule has 11 nitrogen and oxygen atoms in total. The number of nitrogens with zero attached hydrogens (tertiary/aromatic N) is 1. The van der Waals surface area contributed by atoms with Gasteiger partial charge in [0.15, 0.2) is 0 Å². The van der Waals surface area contributed by atoms with Crippen molar-refractivity contribution in [3.63, 3.8) is 0 Å². The van der Waals surface area contributed by atoms with Crippen LogP contribution in [0.3, 0.4) is 0 Å². The molecule has 4 rings (SSSR count). The lowest BCUT2D eigenvalue weighted by Crippen LogP contribution is -2.41. The van der Waals surface area contributed by atoms with Gasteiger partial charge in [-0.25, -0.2) is 14.4 Å². The molecule has 0 radical (unpaired) electrons. The number of hydrogen-bond acceptors (Lipinski definition) is 7. The molecule has 1 aliphatic rings. The summed E-state index contributed by atoms with van der Waals surface area (Å²) in [6.07, 6.45) is 1.49. The second-order valence-electron chi connectivity index (χ2n) is 14.2. The number of aliphatic carboxylic acids is 1. The number of alkyl carbamates (subject to hydrolysis) is 1. The van der Waals surface area contributed by atoms with Crippen molar-refractivity contribution in [2.75, 3.05) is 44.1 Å². The first-order chi connectivity index (χ1) is 24.2. The number of fused-ring (bicyclic) bond motifs is 3. The number of amides is 3. The highest BCUT2D eigenvalue weighted by Gasteiger charge is 2.29. The van der Waals surface area contributed by atoms with Crippen molar-refractivity contribution in [2.24, 2.45) is 0 Å². The van der Waals surface area contributed by atoms with Crippen LogP contribution in [0.25, 0.3) is 17.2 Å². The predicted octanol–water partition coefficient (Wildman–Crippen LogP) is 7.32. The number of nitrogens with one attached hydrogen (secondary N) is 3. The fraction of sp³-hybridized carbons (Fsp3) is 0.385. The van der Waals surface area contributed by atoms with Crippen molar-refractivity contribution < 1.29 is 33.8 Å². The van der Waals surface area contributed by atoms with E-state index < -0.39 is 32.3 Å². The number of anilines is 2. The molecule has 4 N–H and O–H groups in total. The average molecular weight is 715 g/mol. The molecule has 1 aliphatic carbocycles. The van der Waals surface area contributed by atoms with Crippen LogP contribution in [0.1, 0.15) is 48.8 Å². The molecule has 0 heterocycles. The van der Waals surface area contributed by atoms with Gasteiger partial charge < -0.3 is 30.1 Å². The van der Waals surface area contributed by atoms with Gasteiger partial charge in [0, 0.05) is 45.9 Å². The molecular formula is C39H50N4O7Si. The monoisotopic (exact) mass is 714 g/mol. The second-order valence-corrected chi connectivity index (χ2v) is 19.8. The summed E-state index contributed by atoms with van der Waals surface area (Å²) in [6.45, 7) is 9.08. The Balaban J connectivity index is 1.24. The molecule has 272 valence electrons. The van der Waals surface area contributed by atoms with E-state index >= 15 is 0 Å². The van der Waals surface area contributed by atoms with E-state index in [1.807, 2.05) is 85.7 Å². The van der Waals surface area contributed by atoms with Crippen molar-refractivity contribution >= 4 is 49.6 Å². The molecule has 12 heteroatoms. The summed E-state index contributed by atoms with van der Waals surface area (Å²) in [5.74, 6) is -1.58. The van der Waals surface area contributed by atoms with Gasteiger partial charge in [-0.05, 0) is 78.3 Å². The first kappa shape index (κ1) is 38.7. The molecule has 0 bridgehead atoms. The number of hydrogen-bond donors (Lipinski definition) is 4. The minimum atomic E-state index is -1.36. The number of ether oxygens (including phenoxy) is 2. The smallest absolute Gasteiger partial charge is 0.411 e. The summed E-state index contributed by atoms with van der Waals surface area (Å²) >= 11 is 0. The van der Waals surface area contributed by atoms with Crippen molar-refractivity contribution in [3.05, 3.63) is 89.0 Å². The minimum Gasteiger partial charge on any atom is -0.480 e. The van der Waals surface area contributed by atoms with E-state index in [1.54, 1.807) is 13.0 Å². The molecule has 3 amide bonds. The molecule has 0 saturated heterocycles. The summed E-state index contributed by atoms with van der Waals surface area (Å²) in [4.78, 5) is 52.0. The van der Waals surface area contributed by atoms with Gasteiger partial charge in [0.25, 0.3) is 0 Å². The Kier molecular flexibility index (Phi) is 13.4. The molecule has 3 aromatic carbocycles. The van der Waals surface area contributed by atoms with E-state index in [1.165, 1.54) is 0 Å². The molecule has 0 fully saturated rings. The molecular weight excluding hydrogens is 665 g/mol. The molecule has 0 saturated carbocycles. The van der Waals surface area contributed by atoms with Gasteiger partial charge in [-0.2, -0.15) is 0 Å². The van der Waals surface area contributed by atoms with E-state index in [9.17, 15) is 24.3 Å². The molecule has 0 spiro atoms. The number of unbranched alkanes of at least 4 members (excludes halogenated alkanes) is 1. The van der Waals surface area contributed by atoms with Crippen LogP contribution in [0.5, 0.6) is 0 Å². The first-order valence-corrected chi connectivity index (χ1v) is 21.0. The Labute approximate surface area is 301 Å². The van der Waals surface area contributed by atoms with Gasteiger partial charge in [0.2, 0.25) is 5.91 Å². The van der Waals surface area contributed by atoms with Gasteiger partial charge in [-0.1, -0.05) is 74.2 Å². The average Bonchev–Trinajstić information content (AvgIpc) is 3.40. The van der Waals surface area contributed by atoms with Crippen LogP contribution in [-0.4, -0.2) is 77.1 Å². The van der Waals surface area contributed by atoms with Crippen molar-refractivity contribution in [1.29, 1.82) is 0 Å². The Morgan fingerprint density at radius 1 is 0.902 bits per heavy atom. The van der Waals surface area contributed by atoms with Crippen molar-refractivity contribution in [2.45, 2.75) is 63.8 Å². The standard InChI is InChI=1S/C39H50N4O7Si/c1-26(23-27-18-19-28(43(2)3)24-35(27)42-38(47)49-21-22-51(4,5)6)36(44)40-20-12-11-17-34(37(45)46)41-39(48)50-25-33-31-15-9-7-13-29(31)30-14-8-10-16-32(30)33/h7-10,13-16,18-19,23-24,33-34H,11-12,17,20-22,25H2,1-6H3,(H,40,44)(H,41,48)(H,42,47)(H,45,46)/b26-23+. The summed E-state index contributed by atoms with van der Waals surface area (Å²) in [5.41, 5.74) is 6.83. The third kappa shape index (κ3) is 11.2. The van der Waals surface area contributed by atoms with Gasteiger partial charge in [-0.15, -0.1) is 0 Å². The highest BCUT2D eigenvalue weighted by molar-refractivity contribution is 6.76. The SMILES string of the molecule is C/C(=C\c1ccc(N(C)C)cc1NC(=O)OCC[Si](C)(C)C)C(=O)NCCCCC(NC(=O)OCC1c2ccccc2-c2ccccc21)C(=O)O. The predicted molar refractivity (Wildman–Crippen MR) is 204 cm³/mol. The van der Waals surface area contributed by atoms with Crippen LogP contribution in [0.4, 0.5) is 21.0 Å². The van der Waals surface area contributed by atoms with Crippen molar-refractivity contribution in [3.8, 4) is 11.1 Å². The zero-order valence-electron chi connectivity index (χ0n) is 30.4. The minimum absolute atomic E-state index is 0.0885. The fourth-order valence-electron chi connectivity index (χ4n) is 5.81. The van der Waals surface area contributed by atoms with Crippen LogP contribution in [0, 0.1) is 0 Å². The van der Waals surface area contributed by atoms with Crippen LogP contribution in [-0.2, 0) is 19.1 Å². The maximum Gasteiger partial charge on any atom is 0.411 e. The topological polar surface area (TPSA) is 146 Å². The van der Waals surface area contributed by atoms with E-state index in [2.05, 4.69) is 35.6 Å². The van der Waals surface area contributed by atoms with Crippen LogP contribution in [0.15, 0.2) is 72.3 Å². The third-order valence-corrected chi connectivity index (χ3v) is 10.4. The fourth-order valence-corrected chi connectivity index (χ4v) is 6.52. The zero-order valence-corrected chi connectivity index (χ0v) is 31.4. The van der Waals surface area contributed by atoms with Gasteiger partial charge >= 0.3 is 18.2 Å². The Morgan fingerprint density at radius 2 is 1.55 bits per heavy atom. The third-order valence-electron chi connectivity index (χ3n) is 8.74. The van der Waals surface area contributed by atoms with Crippen LogP contribution in [0.2, 0.25) is 25.7 Å². The Morgan fingerprint density at radius 3 is 2.16 bits per heavy atom. The molecule has 3 aromatic rings. The number of rotatable bonds is 16. The Bertz CT molecular complexity index is 1710. The number of carboxylic acid groups (broad SMARTS) is 1. The lowest BCUT2D eigenvalue weighted by Gasteiger charge is -2.18. The van der Waals surface area contributed by atoms with E-state index in [0.29, 0.717) is 42.8 Å². The molecule has 0 aromatic heterocycles.